The summed E-state index contributed by atoms with van der Waals surface area (Å²) in [5, 5.41) is 11.9. The number of benzene rings is 1. The molecule has 0 unspecified atom stereocenters. The highest BCUT2D eigenvalue weighted by Crippen LogP contribution is 2.29. The number of carbonyl (C=O) groups excluding carboxylic acids is 2. The molecule has 3 rings (SSSR count). The molecule has 2 atom stereocenters. The average molecular weight is 316 g/mol. The van der Waals surface area contributed by atoms with Gasteiger partial charge in [-0.1, -0.05) is 0 Å². The number of anilines is 1. The molecule has 1 aromatic carbocycles. The highest BCUT2D eigenvalue weighted by molar-refractivity contribution is 5.98. The van der Waals surface area contributed by atoms with Gasteiger partial charge < -0.3 is 15.3 Å². The van der Waals surface area contributed by atoms with E-state index in [9.17, 15) is 14.4 Å². The van der Waals surface area contributed by atoms with Gasteiger partial charge in [0, 0.05) is 30.8 Å². The first-order chi connectivity index (χ1) is 11.0. The van der Waals surface area contributed by atoms with Crippen LogP contribution in [0, 0.1) is 5.92 Å². The third-order valence-corrected chi connectivity index (χ3v) is 4.73. The molecule has 0 aromatic heterocycles. The molecule has 0 bridgehead atoms. The molecule has 23 heavy (non-hydrogen) atoms. The lowest BCUT2D eigenvalue weighted by Crippen LogP contribution is -2.33. The Bertz CT molecular complexity index is 671. The Morgan fingerprint density at radius 2 is 2.04 bits per heavy atom. The number of carboxylic acids is 1. The van der Waals surface area contributed by atoms with Crippen molar-refractivity contribution >= 4 is 23.5 Å². The van der Waals surface area contributed by atoms with E-state index in [2.05, 4.69) is 5.32 Å². The van der Waals surface area contributed by atoms with E-state index >= 15 is 0 Å². The van der Waals surface area contributed by atoms with E-state index < -0.39 is 5.97 Å². The minimum atomic E-state index is -0.788. The summed E-state index contributed by atoms with van der Waals surface area (Å²) in [4.78, 5) is 36.6. The lowest BCUT2D eigenvalue weighted by atomic mass is 10.1. The van der Waals surface area contributed by atoms with Crippen LogP contribution in [0.2, 0.25) is 0 Å². The van der Waals surface area contributed by atoms with Crippen molar-refractivity contribution in [2.75, 3.05) is 11.4 Å². The van der Waals surface area contributed by atoms with Crippen LogP contribution in [0.5, 0.6) is 0 Å². The molecule has 2 N–H and O–H groups in total. The molecule has 1 saturated carbocycles. The molecule has 1 heterocycles. The maximum atomic E-state index is 12.4. The molecule has 122 valence electrons. The fourth-order valence-electron chi connectivity index (χ4n) is 3.48. The van der Waals surface area contributed by atoms with Crippen molar-refractivity contribution in [1.82, 2.24) is 5.32 Å². The number of fused-ring (bicyclic) bond motifs is 1. The van der Waals surface area contributed by atoms with Crippen molar-refractivity contribution in [3.05, 3.63) is 29.3 Å². The SMILES string of the molecule is CC(=O)N1CCc2cc(C(=O)N[C@H]3CC[C@@H](C(=O)O)C3)ccc21. The first kappa shape index (κ1) is 15.5. The van der Waals surface area contributed by atoms with E-state index in [-0.39, 0.29) is 23.8 Å². The maximum absolute atomic E-state index is 12.4. The van der Waals surface area contributed by atoms with Crippen molar-refractivity contribution in [3.63, 3.8) is 0 Å². The van der Waals surface area contributed by atoms with Crippen LogP contribution < -0.4 is 10.2 Å². The van der Waals surface area contributed by atoms with Crippen molar-refractivity contribution in [2.24, 2.45) is 5.92 Å². The minimum absolute atomic E-state index is 0.00613. The van der Waals surface area contributed by atoms with Crippen molar-refractivity contribution in [1.29, 1.82) is 0 Å². The second-order valence-corrected chi connectivity index (χ2v) is 6.28. The number of hydrogen-bond acceptors (Lipinski definition) is 3. The Hall–Kier alpha value is -2.37. The zero-order chi connectivity index (χ0) is 16.6. The number of hydrogen-bond donors (Lipinski definition) is 2. The second kappa shape index (κ2) is 6.02. The number of carboxylic acid groups (broad SMARTS) is 1. The van der Waals surface area contributed by atoms with Gasteiger partial charge in [0.25, 0.3) is 5.91 Å². The van der Waals surface area contributed by atoms with Crippen LogP contribution >= 0.6 is 0 Å². The topological polar surface area (TPSA) is 86.7 Å². The van der Waals surface area contributed by atoms with Gasteiger partial charge in [-0.25, -0.2) is 0 Å². The molecule has 0 spiro atoms. The van der Waals surface area contributed by atoms with E-state index in [0.717, 1.165) is 17.7 Å². The lowest BCUT2D eigenvalue weighted by Gasteiger charge is -2.16. The summed E-state index contributed by atoms with van der Waals surface area (Å²) in [6, 6.07) is 5.29. The van der Waals surface area contributed by atoms with Crippen LogP contribution in [-0.2, 0) is 16.0 Å². The third-order valence-electron chi connectivity index (χ3n) is 4.73. The van der Waals surface area contributed by atoms with Gasteiger partial charge in [0.1, 0.15) is 0 Å². The molecule has 2 amide bonds. The number of aliphatic carboxylic acids is 1. The predicted octanol–water partition coefficient (Wildman–Crippen LogP) is 1.58. The van der Waals surface area contributed by atoms with Crippen LogP contribution in [0.4, 0.5) is 5.69 Å². The molecule has 6 heteroatoms. The number of rotatable bonds is 3. The summed E-state index contributed by atoms with van der Waals surface area (Å²) in [6.45, 7) is 2.19. The summed E-state index contributed by atoms with van der Waals surface area (Å²) < 4.78 is 0. The molecular formula is C17H20N2O4. The fourth-order valence-corrected chi connectivity index (χ4v) is 3.48. The first-order valence-corrected chi connectivity index (χ1v) is 7.90. The molecule has 1 aromatic rings. The van der Waals surface area contributed by atoms with E-state index in [4.69, 9.17) is 5.11 Å². The monoisotopic (exact) mass is 316 g/mol. The molecule has 6 nitrogen and oxygen atoms in total. The van der Waals surface area contributed by atoms with E-state index in [1.54, 1.807) is 11.0 Å². The van der Waals surface area contributed by atoms with Crippen LogP contribution in [-0.4, -0.2) is 35.5 Å². The molecule has 2 aliphatic rings. The first-order valence-electron chi connectivity index (χ1n) is 7.90. The van der Waals surface area contributed by atoms with Gasteiger partial charge in [0.2, 0.25) is 5.91 Å². The van der Waals surface area contributed by atoms with Crippen molar-refractivity contribution < 1.29 is 19.5 Å². The van der Waals surface area contributed by atoms with E-state index in [1.165, 1.54) is 6.92 Å². The Labute approximate surface area is 134 Å². The smallest absolute Gasteiger partial charge is 0.306 e. The van der Waals surface area contributed by atoms with Gasteiger partial charge in [0.15, 0.2) is 0 Å². The molecule has 1 fully saturated rings. The van der Waals surface area contributed by atoms with Gasteiger partial charge in [-0.15, -0.1) is 0 Å². The number of nitrogens with one attached hydrogen (secondary N) is 1. The molecule has 0 saturated heterocycles. The summed E-state index contributed by atoms with van der Waals surface area (Å²) in [6.07, 6.45) is 2.55. The predicted molar refractivity (Wildman–Crippen MR) is 84.4 cm³/mol. The Morgan fingerprint density at radius 3 is 2.70 bits per heavy atom. The van der Waals surface area contributed by atoms with Crippen LogP contribution in [0.3, 0.4) is 0 Å². The quantitative estimate of drug-likeness (QED) is 0.886. The van der Waals surface area contributed by atoms with Crippen molar-refractivity contribution in [2.45, 2.75) is 38.6 Å². The highest BCUT2D eigenvalue weighted by atomic mass is 16.4. The summed E-state index contributed by atoms with van der Waals surface area (Å²) in [5.74, 6) is -1.32. The van der Waals surface area contributed by atoms with Gasteiger partial charge in [0.05, 0.1) is 5.92 Å². The molecule has 0 radical (unpaired) electrons. The Balaban J connectivity index is 1.67. The van der Waals surface area contributed by atoms with Gasteiger partial charge in [-0.3, -0.25) is 14.4 Å². The number of nitrogens with zero attached hydrogens (tertiary/aromatic N) is 1. The normalized spacial score (nSPS) is 22.7. The largest absolute Gasteiger partial charge is 0.481 e. The van der Waals surface area contributed by atoms with Crippen LogP contribution in [0.25, 0.3) is 0 Å². The Kier molecular flexibility index (Phi) is 4.07. The van der Waals surface area contributed by atoms with E-state index in [1.807, 2.05) is 12.1 Å². The van der Waals surface area contributed by atoms with Crippen molar-refractivity contribution in [3.8, 4) is 0 Å². The number of carbonyl (C=O) groups is 3. The minimum Gasteiger partial charge on any atom is -0.481 e. The standard InChI is InChI=1S/C17H20N2O4/c1-10(20)19-7-6-11-8-12(3-5-15(11)19)16(21)18-14-4-2-13(9-14)17(22)23/h3,5,8,13-14H,2,4,6-7,9H2,1H3,(H,18,21)(H,22,23)/t13-,14+/m1/s1. The lowest BCUT2D eigenvalue weighted by molar-refractivity contribution is -0.141. The zero-order valence-corrected chi connectivity index (χ0v) is 13.0. The fraction of sp³-hybridized carbons (Fsp3) is 0.471. The highest BCUT2D eigenvalue weighted by Gasteiger charge is 2.31. The van der Waals surface area contributed by atoms with Crippen LogP contribution in [0.1, 0.15) is 42.1 Å². The third kappa shape index (κ3) is 3.06. The number of amides is 2. The van der Waals surface area contributed by atoms with Gasteiger partial charge in [-0.05, 0) is 49.4 Å². The zero-order valence-electron chi connectivity index (χ0n) is 13.0. The van der Waals surface area contributed by atoms with Crippen LogP contribution in [0.15, 0.2) is 18.2 Å². The van der Waals surface area contributed by atoms with E-state index in [0.29, 0.717) is 31.4 Å². The molecule has 1 aliphatic heterocycles. The summed E-state index contributed by atoms with van der Waals surface area (Å²) in [5.41, 5.74) is 2.44. The van der Waals surface area contributed by atoms with Gasteiger partial charge >= 0.3 is 5.97 Å². The summed E-state index contributed by atoms with van der Waals surface area (Å²) >= 11 is 0. The molecule has 1 aliphatic carbocycles. The average Bonchev–Trinajstić information content (AvgIpc) is 3.12. The summed E-state index contributed by atoms with van der Waals surface area (Å²) in [7, 11) is 0. The van der Waals surface area contributed by atoms with Gasteiger partial charge in [-0.2, -0.15) is 0 Å². The molecular weight excluding hydrogens is 296 g/mol. The maximum Gasteiger partial charge on any atom is 0.306 e. The second-order valence-electron chi connectivity index (χ2n) is 6.28. The Morgan fingerprint density at radius 1 is 1.26 bits per heavy atom.